The van der Waals surface area contributed by atoms with Crippen LogP contribution in [0.15, 0.2) is 54.6 Å². The zero-order valence-corrected chi connectivity index (χ0v) is 22.7. The maximum Gasteiger partial charge on any atom is 0.414 e. The number of ether oxygens (including phenoxy) is 3. The molecule has 3 aliphatic heterocycles. The molecule has 0 saturated carbocycles. The molecule has 2 atom stereocenters. The van der Waals surface area contributed by atoms with Crippen molar-refractivity contribution < 1.29 is 38.8 Å². The monoisotopic (exact) mass is 555 g/mol. The summed E-state index contributed by atoms with van der Waals surface area (Å²) in [5.41, 5.74) is 2.14. The number of piperidine rings is 1. The van der Waals surface area contributed by atoms with Gasteiger partial charge in [-0.2, -0.15) is 0 Å². The summed E-state index contributed by atoms with van der Waals surface area (Å²) in [6, 6.07) is 18.3. The Labute approximate surface area is 233 Å². The zero-order valence-electron chi connectivity index (χ0n) is 22.7. The lowest BCUT2D eigenvalue weighted by Gasteiger charge is -2.38. The molecule has 3 fully saturated rings. The Morgan fingerprint density at radius 3 is 2.27 bits per heavy atom. The molecule has 11 heteroatoms. The van der Waals surface area contributed by atoms with Crippen molar-refractivity contribution in [1.29, 1.82) is 0 Å². The van der Waals surface area contributed by atoms with E-state index in [4.69, 9.17) is 34.0 Å². The van der Waals surface area contributed by atoms with Crippen molar-refractivity contribution in [2.45, 2.75) is 31.2 Å². The molecule has 0 radical (unpaired) electrons. The highest BCUT2D eigenvalue weighted by Gasteiger charge is 2.46. The average Bonchev–Trinajstić information content (AvgIpc) is 3.38. The van der Waals surface area contributed by atoms with Gasteiger partial charge in [0.05, 0.1) is 32.1 Å². The molecule has 2 aromatic carbocycles. The van der Waals surface area contributed by atoms with Crippen LogP contribution in [0.5, 0.6) is 5.75 Å². The fourth-order valence-electron chi connectivity index (χ4n) is 5.30. The number of piperazine rings is 1. The van der Waals surface area contributed by atoms with E-state index in [1.165, 1.54) is 0 Å². The number of hydrogen-bond acceptors (Lipinski definition) is 8. The molecular weight excluding hydrogens is 518 g/mol. The van der Waals surface area contributed by atoms with Gasteiger partial charge in [0.25, 0.3) is 0 Å². The van der Waals surface area contributed by atoms with Crippen molar-refractivity contribution >= 4 is 23.5 Å². The minimum atomic E-state index is -1.82. The van der Waals surface area contributed by atoms with Crippen LogP contribution in [0.4, 0.5) is 5.69 Å². The average molecular weight is 556 g/mol. The number of aliphatic carboxylic acids is 2. The van der Waals surface area contributed by atoms with E-state index in [9.17, 15) is 4.79 Å². The second-order valence-electron chi connectivity index (χ2n) is 10.0. The first kappa shape index (κ1) is 29.3. The van der Waals surface area contributed by atoms with Crippen LogP contribution in [-0.2, 0) is 29.6 Å². The summed E-state index contributed by atoms with van der Waals surface area (Å²) in [6.45, 7) is 6.39. The number of carbonyl (C=O) groups excluding carboxylic acids is 1. The van der Waals surface area contributed by atoms with Gasteiger partial charge in [-0.1, -0.05) is 42.5 Å². The molecule has 2 aromatic rings. The molecule has 2 N–H and O–H groups in total. The minimum Gasteiger partial charge on any atom is -0.495 e. The lowest BCUT2D eigenvalue weighted by molar-refractivity contribution is -0.195. The molecule has 11 nitrogen and oxygen atoms in total. The quantitative estimate of drug-likeness (QED) is 0.491. The van der Waals surface area contributed by atoms with Gasteiger partial charge in [-0.25, -0.2) is 9.59 Å². The number of benzene rings is 2. The van der Waals surface area contributed by atoms with Gasteiger partial charge in [0, 0.05) is 51.3 Å². The standard InChI is InChI=1S/C27H35N3O4.C2H2O4/c1-32-25-12-6-5-11-24(25)29-17-15-28(16-18-29)19-23-20-33-27(34-23,22-9-3-2-4-10-22)21-30-14-8-7-13-26(30)31;3-1(4)2(5)6/h2-6,9-12,23H,7-8,13-21H2,1H3;(H,3,4)(H,5,6)/t23-,27+;/m0./s1. The van der Waals surface area contributed by atoms with Crippen molar-refractivity contribution in [2.24, 2.45) is 0 Å². The number of rotatable bonds is 7. The van der Waals surface area contributed by atoms with E-state index < -0.39 is 17.7 Å². The van der Waals surface area contributed by atoms with Gasteiger partial charge in [0.15, 0.2) is 0 Å². The van der Waals surface area contributed by atoms with Crippen molar-refractivity contribution in [3.05, 3.63) is 60.2 Å². The molecule has 1 amide bonds. The summed E-state index contributed by atoms with van der Waals surface area (Å²) >= 11 is 0. The van der Waals surface area contributed by atoms with Gasteiger partial charge in [0.1, 0.15) is 5.75 Å². The summed E-state index contributed by atoms with van der Waals surface area (Å²) in [6.07, 6.45) is 2.60. The lowest BCUT2D eigenvalue weighted by atomic mass is 10.0. The molecular formula is C29H37N3O8. The Morgan fingerprint density at radius 1 is 0.950 bits per heavy atom. The number of methoxy groups -OCH3 is 1. The van der Waals surface area contributed by atoms with E-state index >= 15 is 0 Å². The second kappa shape index (κ2) is 13.6. The number of amides is 1. The zero-order chi connectivity index (χ0) is 28.5. The number of anilines is 1. The van der Waals surface area contributed by atoms with Crippen LogP contribution >= 0.6 is 0 Å². The normalized spacial score (nSPS) is 23.3. The number of hydrogen-bond donors (Lipinski definition) is 2. The third-order valence-electron chi connectivity index (χ3n) is 7.34. The van der Waals surface area contributed by atoms with Gasteiger partial charge >= 0.3 is 11.9 Å². The Kier molecular flexibility index (Phi) is 9.97. The van der Waals surface area contributed by atoms with Gasteiger partial charge in [-0.15, -0.1) is 0 Å². The Morgan fingerprint density at radius 2 is 1.62 bits per heavy atom. The summed E-state index contributed by atoms with van der Waals surface area (Å²) in [4.78, 5) is 37.5. The molecule has 3 saturated heterocycles. The third kappa shape index (κ3) is 7.29. The smallest absolute Gasteiger partial charge is 0.414 e. The summed E-state index contributed by atoms with van der Waals surface area (Å²) < 4.78 is 18.6. The molecule has 0 aliphatic carbocycles. The number of nitrogens with zero attached hydrogens (tertiary/aromatic N) is 3. The van der Waals surface area contributed by atoms with E-state index in [1.54, 1.807) is 7.11 Å². The predicted octanol–water partition coefficient (Wildman–Crippen LogP) is 2.25. The Balaban J connectivity index is 0.000000557. The van der Waals surface area contributed by atoms with Crippen molar-refractivity contribution in [1.82, 2.24) is 9.80 Å². The predicted molar refractivity (Wildman–Crippen MR) is 146 cm³/mol. The Hall–Kier alpha value is -3.67. The van der Waals surface area contributed by atoms with E-state index in [0.717, 1.165) is 69.1 Å². The topological polar surface area (TPSA) is 129 Å². The van der Waals surface area contributed by atoms with Crippen molar-refractivity contribution in [2.75, 3.05) is 64.4 Å². The molecule has 216 valence electrons. The first-order chi connectivity index (χ1) is 19.3. The molecule has 0 unspecified atom stereocenters. The van der Waals surface area contributed by atoms with Crippen LogP contribution in [0.1, 0.15) is 24.8 Å². The fourth-order valence-corrected chi connectivity index (χ4v) is 5.30. The van der Waals surface area contributed by atoms with E-state index in [2.05, 4.69) is 21.9 Å². The van der Waals surface area contributed by atoms with Gasteiger partial charge in [-0.3, -0.25) is 9.69 Å². The van der Waals surface area contributed by atoms with Gasteiger partial charge in [0.2, 0.25) is 11.7 Å². The fraction of sp³-hybridized carbons (Fsp3) is 0.483. The van der Waals surface area contributed by atoms with Crippen LogP contribution in [0.3, 0.4) is 0 Å². The number of carboxylic acid groups (broad SMARTS) is 2. The van der Waals surface area contributed by atoms with Crippen LogP contribution in [0.2, 0.25) is 0 Å². The SMILES string of the molecule is COc1ccccc1N1CCN(C[C@H]2CO[C@@](CN3CCCCC3=O)(c3ccccc3)O2)CC1.O=C(O)C(=O)O. The molecule has 3 aliphatic rings. The maximum atomic E-state index is 12.5. The van der Waals surface area contributed by atoms with Gasteiger partial charge in [-0.05, 0) is 25.0 Å². The molecule has 0 bridgehead atoms. The summed E-state index contributed by atoms with van der Waals surface area (Å²) in [7, 11) is 1.73. The molecule has 3 heterocycles. The first-order valence-electron chi connectivity index (χ1n) is 13.5. The molecule has 40 heavy (non-hydrogen) atoms. The summed E-state index contributed by atoms with van der Waals surface area (Å²) in [5.74, 6) is -3.42. The van der Waals surface area contributed by atoms with E-state index in [0.29, 0.717) is 19.6 Å². The van der Waals surface area contributed by atoms with Crippen LogP contribution in [-0.4, -0.2) is 103 Å². The highest BCUT2D eigenvalue weighted by atomic mass is 16.7. The Bertz CT molecular complexity index is 1140. The molecule has 0 spiro atoms. The van der Waals surface area contributed by atoms with E-state index in [1.807, 2.05) is 47.4 Å². The minimum absolute atomic E-state index is 0.0297. The number of carbonyl (C=O) groups is 3. The van der Waals surface area contributed by atoms with Crippen molar-refractivity contribution in [3.63, 3.8) is 0 Å². The van der Waals surface area contributed by atoms with Crippen LogP contribution in [0.25, 0.3) is 0 Å². The summed E-state index contributed by atoms with van der Waals surface area (Å²) in [5, 5.41) is 14.8. The molecule has 0 aromatic heterocycles. The molecule has 5 rings (SSSR count). The second-order valence-corrected chi connectivity index (χ2v) is 10.0. The third-order valence-corrected chi connectivity index (χ3v) is 7.34. The number of carboxylic acids is 2. The number of para-hydroxylation sites is 2. The largest absolute Gasteiger partial charge is 0.495 e. The van der Waals surface area contributed by atoms with Crippen LogP contribution < -0.4 is 9.64 Å². The van der Waals surface area contributed by atoms with E-state index in [-0.39, 0.29) is 12.0 Å². The van der Waals surface area contributed by atoms with Gasteiger partial charge < -0.3 is 34.2 Å². The highest BCUT2D eigenvalue weighted by molar-refractivity contribution is 6.27. The maximum absolute atomic E-state index is 12.5. The number of likely N-dealkylation sites (tertiary alicyclic amines) is 1. The van der Waals surface area contributed by atoms with Crippen molar-refractivity contribution in [3.8, 4) is 5.75 Å². The first-order valence-corrected chi connectivity index (χ1v) is 13.5. The highest BCUT2D eigenvalue weighted by Crippen LogP contribution is 2.36. The lowest BCUT2D eigenvalue weighted by Crippen LogP contribution is -2.50. The van der Waals surface area contributed by atoms with Crippen LogP contribution in [0, 0.1) is 0 Å².